The van der Waals surface area contributed by atoms with E-state index in [0.29, 0.717) is 5.56 Å². The second kappa shape index (κ2) is 5.26. The van der Waals surface area contributed by atoms with E-state index in [-0.39, 0.29) is 6.61 Å². The summed E-state index contributed by atoms with van der Waals surface area (Å²) in [6.07, 6.45) is 0.721. The van der Waals surface area contributed by atoms with Crippen LogP contribution >= 0.6 is 0 Å². The second-order valence-corrected chi connectivity index (χ2v) is 5.27. The summed E-state index contributed by atoms with van der Waals surface area (Å²) >= 11 is 0. The molecule has 0 saturated heterocycles. The molecule has 0 saturated carbocycles. The molecule has 2 rings (SSSR count). The van der Waals surface area contributed by atoms with Gasteiger partial charge in [-0.2, -0.15) is 0 Å². The Balaban J connectivity index is 2.69. The van der Waals surface area contributed by atoms with Gasteiger partial charge in [0, 0.05) is 17.1 Å². The molecule has 1 unspecified atom stereocenters. The van der Waals surface area contributed by atoms with Crippen molar-refractivity contribution in [2.45, 2.75) is 25.5 Å². The van der Waals surface area contributed by atoms with Gasteiger partial charge in [-0.3, -0.25) is 0 Å². The number of para-hydroxylation sites is 1. The molecule has 20 heavy (non-hydrogen) atoms. The molecule has 0 aliphatic carbocycles. The molecule has 108 valence electrons. The summed E-state index contributed by atoms with van der Waals surface area (Å²) in [4.78, 5) is 11.9. The topological polar surface area (TPSA) is 71.7 Å². The maximum atomic E-state index is 11.9. The summed E-state index contributed by atoms with van der Waals surface area (Å²) in [5, 5.41) is 20.0. The average Bonchev–Trinajstić information content (AvgIpc) is 2.85. The summed E-state index contributed by atoms with van der Waals surface area (Å²) in [6.45, 7) is 3.26. The number of methoxy groups -OCH3 is 1. The van der Waals surface area contributed by atoms with Crippen LogP contribution in [0.2, 0.25) is 0 Å². The summed E-state index contributed by atoms with van der Waals surface area (Å²) < 4.78 is 6.59. The van der Waals surface area contributed by atoms with Crippen molar-refractivity contribution in [3.8, 4) is 0 Å². The van der Waals surface area contributed by atoms with E-state index in [9.17, 15) is 15.0 Å². The van der Waals surface area contributed by atoms with Gasteiger partial charge in [0.2, 0.25) is 0 Å². The molecule has 0 aliphatic heterocycles. The molecule has 5 heteroatoms. The molecule has 5 nitrogen and oxygen atoms in total. The standard InChI is InChI=1S/C15H19NO4/c1-15(2,13(18)9-17)16-8-11(14(19)20-3)10-6-4-5-7-12(10)16/h4-8,13,17-18H,9H2,1-3H3. The number of nitrogens with zero attached hydrogens (tertiary/aromatic N) is 1. The maximum absolute atomic E-state index is 11.9. The van der Waals surface area contributed by atoms with Crippen LogP contribution in [-0.4, -0.2) is 40.6 Å². The fraction of sp³-hybridized carbons (Fsp3) is 0.400. The van der Waals surface area contributed by atoms with Gasteiger partial charge in [0.05, 0.1) is 30.9 Å². The SMILES string of the molecule is COC(=O)c1cn(C(C)(C)C(O)CO)c2ccccc12. The van der Waals surface area contributed by atoms with Crippen LogP contribution in [0.25, 0.3) is 10.9 Å². The molecule has 1 aromatic carbocycles. The predicted octanol–water partition coefficient (Wildman–Crippen LogP) is 1.52. The number of rotatable bonds is 4. The van der Waals surface area contributed by atoms with E-state index in [1.54, 1.807) is 24.6 Å². The minimum Gasteiger partial charge on any atom is -0.465 e. The van der Waals surface area contributed by atoms with Crippen LogP contribution in [-0.2, 0) is 10.3 Å². The fourth-order valence-corrected chi connectivity index (χ4v) is 2.31. The maximum Gasteiger partial charge on any atom is 0.340 e. The number of hydrogen-bond acceptors (Lipinski definition) is 4. The van der Waals surface area contributed by atoms with Crippen LogP contribution < -0.4 is 0 Å². The lowest BCUT2D eigenvalue weighted by Gasteiger charge is -2.32. The molecule has 0 radical (unpaired) electrons. The van der Waals surface area contributed by atoms with Crippen molar-refractivity contribution in [1.29, 1.82) is 0 Å². The number of ether oxygens (including phenoxy) is 1. The van der Waals surface area contributed by atoms with E-state index in [1.165, 1.54) is 7.11 Å². The van der Waals surface area contributed by atoms with Gasteiger partial charge in [0.25, 0.3) is 0 Å². The zero-order chi connectivity index (χ0) is 14.9. The lowest BCUT2D eigenvalue weighted by molar-refractivity contribution is 0.0122. The average molecular weight is 277 g/mol. The molecular weight excluding hydrogens is 258 g/mol. The highest BCUT2D eigenvalue weighted by atomic mass is 16.5. The molecule has 0 spiro atoms. The Kier molecular flexibility index (Phi) is 3.83. The van der Waals surface area contributed by atoms with Crippen molar-refractivity contribution in [2.24, 2.45) is 0 Å². The molecule has 2 aromatic rings. The Morgan fingerprint density at radius 2 is 2.05 bits per heavy atom. The number of aliphatic hydroxyl groups is 2. The third-order valence-electron chi connectivity index (χ3n) is 3.73. The zero-order valence-corrected chi connectivity index (χ0v) is 11.8. The molecule has 2 N–H and O–H groups in total. The zero-order valence-electron chi connectivity index (χ0n) is 11.8. The molecule has 1 aromatic heterocycles. The number of carbonyl (C=O) groups excluding carboxylic acids is 1. The van der Waals surface area contributed by atoms with E-state index >= 15 is 0 Å². The van der Waals surface area contributed by atoms with Crippen molar-refractivity contribution < 1.29 is 19.7 Å². The third-order valence-corrected chi connectivity index (χ3v) is 3.73. The van der Waals surface area contributed by atoms with Crippen molar-refractivity contribution in [1.82, 2.24) is 4.57 Å². The Labute approximate surface area is 117 Å². The van der Waals surface area contributed by atoms with Crippen molar-refractivity contribution >= 4 is 16.9 Å². The van der Waals surface area contributed by atoms with Gasteiger partial charge in [0.15, 0.2) is 0 Å². The number of aromatic nitrogens is 1. The number of benzene rings is 1. The van der Waals surface area contributed by atoms with Crippen LogP contribution in [0.1, 0.15) is 24.2 Å². The smallest absolute Gasteiger partial charge is 0.340 e. The normalized spacial score (nSPS) is 13.4. The number of aliphatic hydroxyl groups excluding tert-OH is 2. The summed E-state index contributed by atoms with van der Waals surface area (Å²) in [6, 6.07) is 7.41. The lowest BCUT2D eigenvalue weighted by Crippen LogP contribution is -2.41. The molecule has 1 atom stereocenters. The Morgan fingerprint density at radius 1 is 1.40 bits per heavy atom. The Hall–Kier alpha value is -1.85. The third kappa shape index (κ3) is 2.19. The number of esters is 1. The molecule has 1 heterocycles. The summed E-state index contributed by atoms with van der Waals surface area (Å²) in [5.74, 6) is -0.422. The predicted molar refractivity (Wildman–Crippen MR) is 75.7 cm³/mol. The first-order valence-electron chi connectivity index (χ1n) is 6.41. The van der Waals surface area contributed by atoms with E-state index in [1.807, 2.05) is 24.3 Å². The minimum absolute atomic E-state index is 0.354. The van der Waals surface area contributed by atoms with E-state index in [0.717, 1.165) is 10.9 Å². The van der Waals surface area contributed by atoms with Gasteiger partial charge < -0.3 is 19.5 Å². The quantitative estimate of drug-likeness (QED) is 0.831. The van der Waals surface area contributed by atoms with Crippen LogP contribution in [0.5, 0.6) is 0 Å². The Morgan fingerprint density at radius 3 is 2.65 bits per heavy atom. The van der Waals surface area contributed by atoms with Gasteiger partial charge in [-0.05, 0) is 19.9 Å². The van der Waals surface area contributed by atoms with Gasteiger partial charge in [-0.1, -0.05) is 18.2 Å². The molecule has 0 aliphatic rings. The van der Waals surface area contributed by atoms with Gasteiger partial charge >= 0.3 is 5.97 Å². The summed E-state index contributed by atoms with van der Waals surface area (Å²) in [7, 11) is 1.34. The molecular formula is C15H19NO4. The first kappa shape index (κ1) is 14.6. The highest BCUT2D eigenvalue weighted by Crippen LogP contribution is 2.30. The lowest BCUT2D eigenvalue weighted by atomic mass is 9.97. The van der Waals surface area contributed by atoms with Crippen molar-refractivity contribution in [3.63, 3.8) is 0 Å². The highest BCUT2D eigenvalue weighted by Gasteiger charge is 2.31. The Bertz CT molecular complexity index is 630. The number of carbonyl (C=O) groups is 1. The summed E-state index contributed by atoms with van der Waals surface area (Å²) in [5.41, 5.74) is 0.507. The van der Waals surface area contributed by atoms with Crippen LogP contribution in [0.4, 0.5) is 0 Å². The first-order chi connectivity index (χ1) is 9.43. The molecule has 0 bridgehead atoms. The highest BCUT2D eigenvalue weighted by molar-refractivity contribution is 6.04. The molecule has 0 fully saturated rings. The van der Waals surface area contributed by atoms with Gasteiger partial charge in [0.1, 0.15) is 0 Å². The van der Waals surface area contributed by atoms with Crippen LogP contribution in [0, 0.1) is 0 Å². The van der Waals surface area contributed by atoms with E-state index in [4.69, 9.17) is 4.74 Å². The van der Waals surface area contributed by atoms with Crippen molar-refractivity contribution in [2.75, 3.05) is 13.7 Å². The molecule has 0 amide bonds. The van der Waals surface area contributed by atoms with E-state index in [2.05, 4.69) is 0 Å². The monoisotopic (exact) mass is 277 g/mol. The minimum atomic E-state index is -0.941. The van der Waals surface area contributed by atoms with Gasteiger partial charge in [-0.25, -0.2) is 4.79 Å². The van der Waals surface area contributed by atoms with Gasteiger partial charge in [-0.15, -0.1) is 0 Å². The largest absolute Gasteiger partial charge is 0.465 e. The van der Waals surface area contributed by atoms with Crippen LogP contribution in [0.15, 0.2) is 30.5 Å². The number of hydrogen-bond donors (Lipinski definition) is 2. The van der Waals surface area contributed by atoms with Crippen molar-refractivity contribution in [3.05, 3.63) is 36.0 Å². The fourth-order valence-electron chi connectivity index (χ4n) is 2.31. The van der Waals surface area contributed by atoms with Crippen LogP contribution in [0.3, 0.4) is 0 Å². The second-order valence-electron chi connectivity index (χ2n) is 5.27. The first-order valence-corrected chi connectivity index (χ1v) is 6.41. The van der Waals surface area contributed by atoms with E-state index < -0.39 is 17.6 Å². The number of fused-ring (bicyclic) bond motifs is 1.